The molecule has 94 valence electrons. The average molecular weight is 250 g/mol. The molecule has 0 heterocycles. The Morgan fingerprint density at radius 1 is 1.22 bits per heavy atom. The molecule has 0 aliphatic rings. The Labute approximate surface area is 103 Å². The predicted molar refractivity (Wildman–Crippen MR) is 61.5 cm³/mol. The lowest BCUT2D eigenvalue weighted by Crippen LogP contribution is -2.34. The van der Waals surface area contributed by atoms with E-state index in [0.29, 0.717) is 11.1 Å². The van der Waals surface area contributed by atoms with Gasteiger partial charge in [0.15, 0.2) is 0 Å². The fraction of sp³-hybridized carbons (Fsp3) is 0.231. The predicted octanol–water partition coefficient (Wildman–Crippen LogP) is 1.68. The van der Waals surface area contributed by atoms with Crippen LogP contribution >= 0.6 is 0 Å². The highest BCUT2D eigenvalue weighted by Gasteiger charge is 2.39. The molecule has 1 rings (SSSR count). The van der Waals surface area contributed by atoms with E-state index in [9.17, 15) is 14.0 Å². The van der Waals surface area contributed by atoms with Gasteiger partial charge in [-0.2, -0.15) is 0 Å². The van der Waals surface area contributed by atoms with Crippen LogP contribution in [0.2, 0.25) is 0 Å². The molecule has 4 nitrogen and oxygen atoms in total. The van der Waals surface area contributed by atoms with Crippen LogP contribution in [0.3, 0.4) is 0 Å². The van der Waals surface area contributed by atoms with Crippen molar-refractivity contribution in [3.05, 3.63) is 35.4 Å². The first-order valence-electron chi connectivity index (χ1n) is 5.05. The van der Waals surface area contributed by atoms with Crippen LogP contribution in [-0.2, 0) is 16.3 Å². The molecule has 0 spiro atoms. The Bertz CT molecular complexity index is 508. The van der Waals surface area contributed by atoms with Crippen LogP contribution < -0.4 is 0 Å². The SMILES string of the molecule is CC(C#Cc1ccc(CF)cc1)(C(=O)O)C(=O)O. The number of halogens is 1. The van der Waals surface area contributed by atoms with E-state index in [1.54, 1.807) is 0 Å². The molecular weight excluding hydrogens is 239 g/mol. The van der Waals surface area contributed by atoms with Gasteiger partial charge in [-0.25, -0.2) is 14.0 Å². The lowest BCUT2D eigenvalue weighted by atomic mass is 9.91. The zero-order chi connectivity index (χ0) is 13.8. The highest BCUT2D eigenvalue weighted by molar-refractivity contribution is 6.01. The van der Waals surface area contributed by atoms with Crippen molar-refractivity contribution in [1.29, 1.82) is 0 Å². The fourth-order valence-electron chi connectivity index (χ4n) is 1.07. The van der Waals surface area contributed by atoms with Gasteiger partial charge in [0.2, 0.25) is 5.41 Å². The third-order valence-corrected chi connectivity index (χ3v) is 2.42. The molecule has 0 atom stereocenters. The summed E-state index contributed by atoms with van der Waals surface area (Å²) in [6.45, 7) is 0.413. The Kier molecular flexibility index (Phi) is 4.05. The Balaban J connectivity index is 3.05. The molecule has 0 radical (unpaired) electrons. The molecule has 0 fully saturated rings. The largest absolute Gasteiger partial charge is 0.480 e. The number of carboxylic acids is 2. The summed E-state index contributed by atoms with van der Waals surface area (Å²) in [4.78, 5) is 21.7. The molecule has 18 heavy (non-hydrogen) atoms. The van der Waals surface area contributed by atoms with E-state index < -0.39 is 24.0 Å². The first kappa shape index (κ1) is 13.7. The number of carboxylic acid groups (broad SMARTS) is 2. The summed E-state index contributed by atoms with van der Waals surface area (Å²) in [6.07, 6.45) is 0. The van der Waals surface area contributed by atoms with Gasteiger partial charge in [-0.3, -0.25) is 0 Å². The third-order valence-electron chi connectivity index (χ3n) is 2.42. The quantitative estimate of drug-likeness (QED) is 0.632. The summed E-state index contributed by atoms with van der Waals surface area (Å²) in [6, 6.07) is 6.02. The molecular formula is C13H11FO4. The van der Waals surface area contributed by atoms with E-state index >= 15 is 0 Å². The highest BCUT2D eigenvalue weighted by atomic mass is 19.1. The van der Waals surface area contributed by atoms with E-state index in [4.69, 9.17) is 10.2 Å². The van der Waals surface area contributed by atoms with Crippen LogP contribution in [-0.4, -0.2) is 22.2 Å². The van der Waals surface area contributed by atoms with Crippen molar-refractivity contribution in [3.8, 4) is 11.8 Å². The van der Waals surface area contributed by atoms with Crippen molar-refractivity contribution < 1.29 is 24.2 Å². The van der Waals surface area contributed by atoms with E-state index in [1.807, 2.05) is 0 Å². The van der Waals surface area contributed by atoms with Crippen LogP contribution in [0.15, 0.2) is 24.3 Å². The van der Waals surface area contributed by atoms with Crippen LogP contribution in [0.5, 0.6) is 0 Å². The number of alkyl halides is 1. The van der Waals surface area contributed by atoms with Gasteiger partial charge in [0, 0.05) is 5.56 Å². The maximum Gasteiger partial charge on any atom is 0.333 e. The molecule has 0 aromatic heterocycles. The van der Waals surface area contributed by atoms with Crippen LogP contribution in [0.1, 0.15) is 18.1 Å². The van der Waals surface area contributed by atoms with Crippen molar-refractivity contribution in [3.63, 3.8) is 0 Å². The molecule has 1 aromatic carbocycles. The van der Waals surface area contributed by atoms with Crippen molar-refractivity contribution in [2.24, 2.45) is 5.41 Å². The maximum absolute atomic E-state index is 12.3. The fourth-order valence-corrected chi connectivity index (χ4v) is 1.07. The monoisotopic (exact) mass is 250 g/mol. The lowest BCUT2D eigenvalue weighted by Gasteiger charge is -2.11. The molecule has 0 unspecified atom stereocenters. The van der Waals surface area contributed by atoms with E-state index in [-0.39, 0.29) is 0 Å². The number of aliphatic carboxylic acids is 2. The number of benzene rings is 1. The van der Waals surface area contributed by atoms with Gasteiger partial charge in [0.05, 0.1) is 0 Å². The standard InChI is InChI=1S/C13H11FO4/c1-13(11(15)16,12(17)18)7-6-9-2-4-10(8-14)5-3-9/h2-5H,8H2,1H3,(H,15,16)(H,17,18). The number of hydrogen-bond donors (Lipinski definition) is 2. The maximum atomic E-state index is 12.3. The molecule has 0 saturated carbocycles. The van der Waals surface area contributed by atoms with Gasteiger partial charge in [-0.1, -0.05) is 24.0 Å². The minimum absolute atomic E-state index is 0.431. The molecule has 0 saturated heterocycles. The summed E-state index contributed by atoms with van der Waals surface area (Å²) in [7, 11) is 0. The minimum atomic E-state index is -2.15. The normalized spacial score (nSPS) is 10.3. The van der Waals surface area contributed by atoms with E-state index in [1.165, 1.54) is 24.3 Å². The minimum Gasteiger partial charge on any atom is -0.480 e. The zero-order valence-corrected chi connectivity index (χ0v) is 9.61. The Morgan fingerprint density at radius 2 is 1.72 bits per heavy atom. The van der Waals surface area contributed by atoms with Crippen molar-refractivity contribution in [2.75, 3.05) is 0 Å². The molecule has 5 heteroatoms. The number of rotatable bonds is 3. The Hall–Kier alpha value is -2.35. The van der Waals surface area contributed by atoms with Gasteiger partial charge in [0.25, 0.3) is 0 Å². The van der Waals surface area contributed by atoms with Gasteiger partial charge in [-0.05, 0) is 24.6 Å². The van der Waals surface area contributed by atoms with E-state index in [0.717, 1.165) is 6.92 Å². The van der Waals surface area contributed by atoms with Crippen molar-refractivity contribution >= 4 is 11.9 Å². The van der Waals surface area contributed by atoms with Crippen LogP contribution in [0.25, 0.3) is 0 Å². The first-order valence-corrected chi connectivity index (χ1v) is 5.05. The molecule has 1 aromatic rings. The molecule has 0 bridgehead atoms. The summed E-state index contributed by atoms with van der Waals surface area (Å²) in [5, 5.41) is 17.7. The zero-order valence-electron chi connectivity index (χ0n) is 9.61. The second kappa shape index (κ2) is 5.32. The summed E-state index contributed by atoms with van der Waals surface area (Å²) >= 11 is 0. The van der Waals surface area contributed by atoms with Crippen molar-refractivity contribution in [2.45, 2.75) is 13.6 Å². The topological polar surface area (TPSA) is 74.6 Å². The van der Waals surface area contributed by atoms with Gasteiger partial charge >= 0.3 is 11.9 Å². The smallest absolute Gasteiger partial charge is 0.333 e. The second-order valence-corrected chi connectivity index (χ2v) is 3.82. The van der Waals surface area contributed by atoms with Crippen molar-refractivity contribution in [1.82, 2.24) is 0 Å². The first-order chi connectivity index (χ1) is 8.40. The highest BCUT2D eigenvalue weighted by Crippen LogP contribution is 2.16. The van der Waals surface area contributed by atoms with E-state index in [2.05, 4.69) is 11.8 Å². The van der Waals surface area contributed by atoms with Gasteiger partial charge < -0.3 is 10.2 Å². The number of hydrogen-bond acceptors (Lipinski definition) is 2. The summed E-state index contributed by atoms with van der Waals surface area (Å²) in [5.41, 5.74) is -1.25. The van der Waals surface area contributed by atoms with Crippen LogP contribution in [0, 0.1) is 17.3 Å². The Morgan fingerprint density at radius 3 is 2.11 bits per heavy atom. The molecule has 0 aliphatic carbocycles. The summed E-state index contributed by atoms with van der Waals surface area (Å²) in [5.74, 6) is 1.62. The second-order valence-electron chi connectivity index (χ2n) is 3.82. The number of carbonyl (C=O) groups is 2. The average Bonchev–Trinajstić information content (AvgIpc) is 2.36. The summed E-state index contributed by atoms with van der Waals surface area (Å²) < 4.78 is 12.3. The molecule has 0 amide bonds. The third kappa shape index (κ3) is 2.86. The molecule has 2 N–H and O–H groups in total. The van der Waals surface area contributed by atoms with Gasteiger partial charge in [0.1, 0.15) is 6.67 Å². The van der Waals surface area contributed by atoms with Crippen LogP contribution in [0.4, 0.5) is 4.39 Å². The molecule has 0 aliphatic heterocycles. The van der Waals surface area contributed by atoms with Gasteiger partial charge in [-0.15, -0.1) is 0 Å². The lowest BCUT2D eigenvalue weighted by molar-refractivity contribution is -0.158.